The van der Waals surface area contributed by atoms with Gasteiger partial charge in [0.25, 0.3) is 0 Å². The molecule has 1 rings (SSSR count). The van der Waals surface area contributed by atoms with Crippen molar-refractivity contribution in [3.63, 3.8) is 0 Å². The Balaban J connectivity index is 0.00000139. The van der Waals surface area contributed by atoms with Crippen LogP contribution < -0.4 is 0 Å². The standard InChI is InChI=1S/C22H30O2.C4H10O/c1-2-3-4-5-6-7-8-9-10-11-12-13-14-16-20-17-15-18-22(24)21(20)19-23;1-3-5-4-2/h10-19,24H,2-9H2,1H3;3-4H2,1-2H3. The van der Waals surface area contributed by atoms with Crippen molar-refractivity contribution in [3.05, 3.63) is 59.7 Å². The molecule has 0 aromatic heterocycles. The van der Waals surface area contributed by atoms with Crippen LogP contribution in [-0.4, -0.2) is 24.6 Å². The quantitative estimate of drug-likeness (QED) is 0.200. The molecule has 0 spiro atoms. The zero-order valence-corrected chi connectivity index (χ0v) is 18.6. The van der Waals surface area contributed by atoms with Crippen LogP contribution in [0.3, 0.4) is 0 Å². The third-order valence-electron chi connectivity index (χ3n) is 4.36. The normalized spacial score (nSPS) is 11.3. The van der Waals surface area contributed by atoms with Crippen molar-refractivity contribution in [2.75, 3.05) is 13.2 Å². The number of carbonyl (C=O) groups is 1. The monoisotopic (exact) mass is 400 g/mol. The Morgan fingerprint density at radius 1 is 0.862 bits per heavy atom. The molecule has 3 nitrogen and oxygen atoms in total. The molecule has 0 saturated heterocycles. The van der Waals surface area contributed by atoms with Crippen LogP contribution in [0, 0.1) is 0 Å². The van der Waals surface area contributed by atoms with Gasteiger partial charge in [-0.25, -0.2) is 0 Å². The highest BCUT2D eigenvalue weighted by atomic mass is 16.5. The molecule has 0 atom stereocenters. The van der Waals surface area contributed by atoms with Crippen LogP contribution in [0.4, 0.5) is 0 Å². The summed E-state index contributed by atoms with van der Waals surface area (Å²) >= 11 is 0. The topological polar surface area (TPSA) is 46.5 Å². The number of phenolic OH excluding ortho intramolecular Hbond substituents is 1. The van der Waals surface area contributed by atoms with E-state index in [1.807, 2.05) is 44.2 Å². The Bertz CT molecular complexity index is 598. The third-order valence-corrected chi connectivity index (χ3v) is 4.36. The Morgan fingerprint density at radius 3 is 2.14 bits per heavy atom. The molecule has 0 bridgehead atoms. The van der Waals surface area contributed by atoms with E-state index in [-0.39, 0.29) is 5.75 Å². The van der Waals surface area contributed by atoms with Gasteiger partial charge in [0, 0.05) is 13.2 Å². The fourth-order valence-corrected chi connectivity index (χ4v) is 2.73. The van der Waals surface area contributed by atoms with Gasteiger partial charge in [0.2, 0.25) is 0 Å². The van der Waals surface area contributed by atoms with E-state index < -0.39 is 0 Å². The third kappa shape index (κ3) is 15.5. The van der Waals surface area contributed by atoms with Crippen LogP contribution in [0.15, 0.2) is 48.6 Å². The fourth-order valence-electron chi connectivity index (χ4n) is 2.73. The van der Waals surface area contributed by atoms with E-state index >= 15 is 0 Å². The van der Waals surface area contributed by atoms with E-state index in [0.29, 0.717) is 11.8 Å². The molecule has 0 radical (unpaired) electrons. The van der Waals surface area contributed by atoms with Crippen molar-refractivity contribution in [1.82, 2.24) is 0 Å². The minimum Gasteiger partial charge on any atom is -0.507 e. The zero-order chi connectivity index (χ0) is 21.6. The van der Waals surface area contributed by atoms with Crippen LogP contribution >= 0.6 is 0 Å². The molecule has 0 heterocycles. The fraction of sp³-hybridized carbons (Fsp3) is 0.500. The second-order valence-corrected chi connectivity index (χ2v) is 6.76. The zero-order valence-electron chi connectivity index (χ0n) is 18.6. The average Bonchev–Trinajstić information content (AvgIpc) is 2.72. The lowest BCUT2D eigenvalue weighted by Crippen LogP contribution is -1.85. The summed E-state index contributed by atoms with van der Waals surface area (Å²) in [5.41, 5.74) is 1.05. The van der Waals surface area contributed by atoms with Gasteiger partial charge in [-0.1, -0.05) is 94.0 Å². The number of carbonyl (C=O) groups excluding carboxylic acids is 1. The number of ether oxygens (including phenoxy) is 1. The van der Waals surface area contributed by atoms with E-state index in [1.54, 1.807) is 6.07 Å². The molecule has 29 heavy (non-hydrogen) atoms. The Hall–Kier alpha value is -2.13. The molecule has 162 valence electrons. The van der Waals surface area contributed by atoms with E-state index in [2.05, 4.69) is 19.1 Å². The molecule has 0 fully saturated rings. The number of hydrogen-bond acceptors (Lipinski definition) is 3. The largest absolute Gasteiger partial charge is 0.507 e. The Morgan fingerprint density at radius 2 is 1.52 bits per heavy atom. The summed E-state index contributed by atoms with van der Waals surface area (Å²) in [5.74, 6) is 0.0192. The number of rotatable bonds is 14. The van der Waals surface area contributed by atoms with Crippen LogP contribution in [0.5, 0.6) is 5.75 Å². The highest BCUT2D eigenvalue weighted by molar-refractivity contribution is 5.85. The second kappa shape index (κ2) is 20.6. The van der Waals surface area contributed by atoms with Gasteiger partial charge in [0.05, 0.1) is 5.56 Å². The summed E-state index contributed by atoms with van der Waals surface area (Å²) in [4.78, 5) is 11.0. The molecule has 1 aromatic rings. The van der Waals surface area contributed by atoms with E-state index in [4.69, 9.17) is 4.74 Å². The van der Waals surface area contributed by atoms with Crippen molar-refractivity contribution in [2.45, 2.75) is 72.1 Å². The molecule has 1 aromatic carbocycles. The first-order valence-electron chi connectivity index (χ1n) is 11.1. The van der Waals surface area contributed by atoms with Gasteiger partial charge in [-0.15, -0.1) is 0 Å². The minimum atomic E-state index is 0.0192. The minimum absolute atomic E-state index is 0.0192. The van der Waals surface area contributed by atoms with Crippen LogP contribution in [0.25, 0.3) is 6.08 Å². The predicted octanol–water partition coefficient (Wildman–Crippen LogP) is 7.51. The smallest absolute Gasteiger partial charge is 0.154 e. The molecule has 0 aliphatic heterocycles. The molecular formula is C26H40O3. The molecule has 0 aliphatic carbocycles. The number of aldehydes is 1. The lowest BCUT2D eigenvalue weighted by molar-refractivity contribution is 0.112. The number of hydrogen-bond donors (Lipinski definition) is 1. The lowest BCUT2D eigenvalue weighted by atomic mass is 10.1. The first-order valence-corrected chi connectivity index (χ1v) is 11.1. The highest BCUT2D eigenvalue weighted by Crippen LogP contribution is 2.19. The maximum absolute atomic E-state index is 11.0. The Kier molecular flexibility index (Phi) is 19.1. The summed E-state index contributed by atoms with van der Waals surface area (Å²) in [6.07, 6.45) is 23.1. The first kappa shape index (κ1) is 26.9. The van der Waals surface area contributed by atoms with Gasteiger partial charge in [-0.05, 0) is 38.3 Å². The summed E-state index contributed by atoms with van der Waals surface area (Å²) in [5, 5.41) is 9.60. The lowest BCUT2D eigenvalue weighted by Gasteiger charge is -2.00. The second-order valence-electron chi connectivity index (χ2n) is 6.76. The van der Waals surface area contributed by atoms with Gasteiger partial charge >= 0.3 is 0 Å². The van der Waals surface area contributed by atoms with Gasteiger partial charge < -0.3 is 9.84 Å². The summed E-state index contributed by atoms with van der Waals surface area (Å²) in [6, 6.07) is 5.06. The first-order chi connectivity index (χ1) is 14.2. The molecule has 0 aliphatic rings. The summed E-state index contributed by atoms with van der Waals surface area (Å²) in [6.45, 7) is 7.92. The van der Waals surface area contributed by atoms with E-state index in [1.165, 1.54) is 51.0 Å². The molecule has 1 N–H and O–H groups in total. The molecule has 0 unspecified atom stereocenters. The number of allylic oxidation sites excluding steroid dienone is 5. The molecule has 3 heteroatoms. The van der Waals surface area contributed by atoms with Crippen molar-refractivity contribution in [3.8, 4) is 5.75 Å². The van der Waals surface area contributed by atoms with Crippen molar-refractivity contribution < 1.29 is 14.6 Å². The van der Waals surface area contributed by atoms with Gasteiger partial charge in [-0.3, -0.25) is 4.79 Å². The highest BCUT2D eigenvalue weighted by Gasteiger charge is 2.02. The number of aromatic hydroxyl groups is 1. The van der Waals surface area contributed by atoms with Crippen LogP contribution in [-0.2, 0) is 4.74 Å². The van der Waals surface area contributed by atoms with Crippen molar-refractivity contribution in [2.24, 2.45) is 0 Å². The van der Waals surface area contributed by atoms with E-state index in [9.17, 15) is 9.90 Å². The Labute approximate surface area is 178 Å². The van der Waals surface area contributed by atoms with Gasteiger partial charge in [0.1, 0.15) is 5.75 Å². The predicted molar refractivity (Wildman–Crippen MR) is 126 cm³/mol. The maximum Gasteiger partial charge on any atom is 0.154 e. The van der Waals surface area contributed by atoms with Gasteiger partial charge in [0.15, 0.2) is 6.29 Å². The molecule has 0 amide bonds. The van der Waals surface area contributed by atoms with Gasteiger partial charge in [-0.2, -0.15) is 0 Å². The van der Waals surface area contributed by atoms with Crippen molar-refractivity contribution in [1.29, 1.82) is 0 Å². The average molecular weight is 401 g/mol. The SMILES string of the molecule is CCCCCCCCCC=CC=CC=Cc1cccc(O)c1C=O.CCOCC. The number of unbranched alkanes of at least 4 members (excludes halogenated alkanes) is 7. The van der Waals surface area contributed by atoms with Crippen LogP contribution in [0.1, 0.15) is 88.1 Å². The van der Waals surface area contributed by atoms with Crippen LogP contribution in [0.2, 0.25) is 0 Å². The maximum atomic E-state index is 11.0. The molecular weight excluding hydrogens is 360 g/mol. The summed E-state index contributed by atoms with van der Waals surface area (Å²) < 4.78 is 4.83. The number of benzene rings is 1. The summed E-state index contributed by atoms with van der Waals surface area (Å²) in [7, 11) is 0. The van der Waals surface area contributed by atoms with Crippen molar-refractivity contribution >= 4 is 12.4 Å². The number of phenols is 1. The van der Waals surface area contributed by atoms with E-state index in [0.717, 1.165) is 25.2 Å². The molecule has 0 saturated carbocycles.